The second-order valence-electron chi connectivity index (χ2n) is 32.3. The van der Waals surface area contributed by atoms with E-state index in [-0.39, 0.29) is 81.4 Å². The number of aliphatic hydroxyl groups is 4. The minimum atomic E-state index is -1.91. The second-order valence-corrected chi connectivity index (χ2v) is 36.5. The molecule has 10 amide bonds. The van der Waals surface area contributed by atoms with E-state index in [9.17, 15) is 54.0 Å². The molecule has 0 saturated carbocycles. The Morgan fingerprint density at radius 1 is 0.786 bits per heavy atom. The first-order chi connectivity index (χ1) is 60.1. The number of alkyl carbamates (subject to hydrolysis) is 1. The molecule has 126 heavy (non-hydrogen) atoms. The monoisotopic (exact) mass is 1830 g/mol. The molecule has 0 aliphatic carbocycles. The number of aromatic amines is 1. The molecule has 3 fully saturated rings. The van der Waals surface area contributed by atoms with Crippen LogP contribution in [0.3, 0.4) is 0 Å². The van der Waals surface area contributed by atoms with Gasteiger partial charge in [0.05, 0.1) is 49.8 Å². The summed E-state index contributed by atoms with van der Waals surface area (Å²) in [6, 6.07) is 16.9. The number of epoxide rings is 1. The molecule has 16 N–H and O–H groups in total. The number of likely N-dealkylation sites (N-methyl/N-ethyl adjacent to an activating group) is 1. The van der Waals surface area contributed by atoms with Crippen LogP contribution in [0.25, 0.3) is 10.9 Å². The number of allylic oxidation sites excluding steroid dienone is 3. The Bertz CT molecular complexity index is 4570. The van der Waals surface area contributed by atoms with Gasteiger partial charge in [-0.2, -0.15) is 11.8 Å². The van der Waals surface area contributed by atoms with Crippen molar-refractivity contribution in [3.63, 3.8) is 0 Å². The number of fused-ring (bicyclic) bond motifs is 1. The van der Waals surface area contributed by atoms with Crippen LogP contribution in [0.4, 0.5) is 10.5 Å². The number of H-pyrrole nitrogens is 1. The molecule has 18 atom stereocenters. The van der Waals surface area contributed by atoms with Crippen molar-refractivity contribution in [1.82, 2.24) is 57.7 Å². The smallest absolute Gasteiger partial charge is 0.409 e. The number of methoxy groups -OCH3 is 2. The van der Waals surface area contributed by atoms with Gasteiger partial charge in [-0.25, -0.2) is 9.59 Å². The summed E-state index contributed by atoms with van der Waals surface area (Å²) in [4.78, 5) is 163. The Balaban J connectivity index is 0.910. The van der Waals surface area contributed by atoms with Crippen LogP contribution in [-0.2, 0) is 92.6 Å². The molecule has 1 aromatic heterocycles. The fraction of sp³-hybridized carbons (Fsp3) is 0.539. The summed E-state index contributed by atoms with van der Waals surface area (Å²) in [5, 5.41) is 69.9. The summed E-state index contributed by atoms with van der Waals surface area (Å²) < 4.78 is 29.2. The number of hydrogen-bond acceptors (Lipinski definition) is 25. The number of nitrogens with zero attached hydrogens (tertiary/aromatic N) is 2. The third-order valence-electron chi connectivity index (χ3n) is 22.8. The van der Waals surface area contributed by atoms with Gasteiger partial charge in [-0.15, -0.1) is 0 Å². The number of thioether (sulfide) groups is 1. The zero-order chi connectivity index (χ0) is 92.1. The topological polar surface area (TPSA) is 475 Å². The van der Waals surface area contributed by atoms with Crippen LogP contribution in [0.5, 0.6) is 5.75 Å². The zero-order valence-electron chi connectivity index (χ0n) is 73.4. The van der Waals surface area contributed by atoms with Crippen molar-refractivity contribution < 1.29 is 96.9 Å². The highest BCUT2D eigenvalue weighted by Crippen LogP contribution is 2.48. The van der Waals surface area contributed by atoms with Crippen LogP contribution in [0, 0.1) is 5.92 Å². The molecule has 0 unspecified atom stereocenters. The second kappa shape index (κ2) is 49.3. The Morgan fingerprint density at radius 2 is 1.44 bits per heavy atom. The van der Waals surface area contributed by atoms with E-state index in [1.807, 2.05) is 80.6 Å². The maximum Gasteiger partial charge on any atom is 0.409 e. The number of esters is 1. The van der Waals surface area contributed by atoms with E-state index in [0.717, 1.165) is 49.2 Å². The number of ether oxygens (including phenoxy) is 5. The van der Waals surface area contributed by atoms with Gasteiger partial charge in [0.2, 0.25) is 53.2 Å². The maximum atomic E-state index is 15.3. The number of halogens is 1. The molecule has 0 radical (unpaired) electrons. The minimum absolute atomic E-state index is 0.00982. The first-order valence-corrected chi connectivity index (χ1v) is 46.4. The third kappa shape index (κ3) is 29.1. The van der Waals surface area contributed by atoms with Gasteiger partial charge in [0, 0.05) is 93.6 Å². The highest BCUT2D eigenvalue weighted by Gasteiger charge is 2.63. The van der Waals surface area contributed by atoms with Crippen LogP contribution in [0.1, 0.15) is 123 Å². The van der Waals surface area contributed by atoms with Crippen LogP contribution in [0.15, 0.2) is 127 Å². The number of aliphatic hydroxyl groups excluding tert-OH is 3. The molecule has 33 nitrogen and oxygen atoms in total. The molecule has 4 heterocycles. The minimum Gasteiger partial charge on any atom is -0.495 e. The predicted molar refractivity (Wildman–Crippen MR) is 485 cm³/mol. The van der Waals surface area contributed by atoms with Crippen molar-refractivity contribution in [2.75, 3.05) is 75.9 Å². The number of nitrogens with one attached hydrogen (secondary N) is 10. The number of carbonyl (C=O) groups is 11. The number of amides is 10. The Kier molecular flexibility index (Phi) is 39.9. The normalized spacial score (nSPS) is 23.7. The van der Waals surface area contributed by atoms with Gasteiger partial charge in [0.25, 0.3) is 0 Å². The van der Waals surface area contributed by atoms with E-state index < -0.39 is 168 Å². The summed E-state index contributed by atoms with van der Waals surface area (Å²) in [5.41, 5.74) is 7.90. The lowest BCUT2D eigenvalue weighted by atomic mass is 9.84. The highest BCUT2D eigenvalue weighted by atomic mass is 35.5. The molecule has 0 spiro atoms. The summed E-state index contributed by atoms with van der Waals surface area (Å²) in [6.07, 6.45) is 1.66. The number of carbonyl (C=O) groups excluding carboxylic acids is 11. The number of hydrogen-bond donors (Lipinski definition) is 15. The largest absolute Gasteiger partial charge is 0.495 e. The number of para-hydroxylation sites is 1. The number of nitrogens with two attached hydrogens (primary N) is 1. The van der Waals surface area contributed by atoms with Gasteiger partial charge in [0.1, 0.15) is 77.0 Å². The quantitative estimate of drug-likeness (QED) is 0.00815. The molecule has 3 aliphatic rings. The number of benzene rings is 4. The van der Waals surface area contributed by atoms with Crippen molar-refractivity contribution in [3.8, 4) is 5.75 Å². The molecule has 8 rings (SSSR count). The third-order valence-corrected chi connectivity index (χ3v) is 26.7. The number of anilines is 1. The fourth-order valence-electron chi connectivity index (χ4n) is 14.8. The van der Waals surface area contributed by atoms with Crippen molar-refractivity contribution >= 4 is 127 Å². The average Bonchev–Trinajstić information content (AvgIpc) is 1.57. The van der Waals surface area contributed by atoms with Gasteiger partial charge < -0.3 is 107 Å². The zero-order valence-corrected chi connectivity index (χ0v) is 76.6. The molecule has 3 saturated heterocycles. The van der Waals surface area contributed by atoms with Crippen molar-refractivity contribution in [3.05, 3.63) is 154 Å². The number of cyclic esters (lactones) is 1. The first-order valence-electron chi connectivity index (χ1n) is 42.4. The lowest BCUT2D eigenvalue weighted by Crippen LogP contribution is -2.63. The van der Waals surface area contributed by atoms with Gasteiger partial charge in [-0.3, -0.25) is 48.5 Å². The van der Waals surface area contributed by atoms with E-state index in [2.05, 4.69) is 52.8 Å². The van der Waals surface area contributed by atoms with E-state index in [1.165, 1.54) is 56.7 Å². The van der Waals surface area contributed by atoms with Gasteiger partial charge in [-0.1, -0.05) is 150 Å². The molecule has 37 heteroatoms. The van der Waals surface area contributed by atoms with Gasteiger partial charge >= 0.3 is 12.1 Å². The van der Waals surface area contributed by atoms with E-state index in [4.69, 9.17) is 41.0 Å². The van der Waals surface area contributed by atoms with E-state index in [0.29, 0.717) is 64.8 Å². The van der Waals surface area contributed by atoms with Gasteiger partial charge in [-0.05, 0) is 139 Å². The maximum absolute atomic E-state index is 15.3. The van der Waals surface area contributed by atoms with Crippen LogP contribution in [0.2, 0.25) is 5.02 Å². The Morgan fingerprint density at radius 3 is 2.10 bits per heavy atom. The van der Waals surface area contributed by atoms with Crippen molar-refractivity contribution in [1.29, 1.82) is 0 Å². The lowest BCUT2D eigenvalue weighted by Gasteiger charge is -2.42. The molecular formula is C89H124ClN13O20S3. The number of rotatable bonds is 40. The Hall–Kier alpha value is -9.31. The standard InChI is InChI=1S/C89H124ClN13O20S3/c1-13-74(107)103(10)70-43-59(44-71(119-11)76(70)90)40-51(2)26-24-34-73(120-12)89(118)46-72(122-87(117)101-89)52(3)78-88(8,123-78)56(7)121-86(116)53(4)102(9)75(108)35-39-124-38-25-37-92-64(41-57-27-16-14-17-28-57)80(110)98-68-49-125-126-50-69(84(114)97-67(48-104)54(5)105)99-85(115)77(55(6)106)100-79(109)63(33-22-23-36-91)94-82(112)66(45-60-47-93-62-32-21-20-31-61(60)62)96-81(111)65(95-83(68)113)42-58-29-18-15-19-30-58/h14-21,24,26-32,34,43-44,47,52-56,63-69,72-73,77-78,92-93,104-106,118H,13,22-23,25,33,35-42,45-46,48-50,91H2,1-12H3,(H,94,112)(H,95,113)(H,96,111)(H,97,114)(H,98,110)(H,99,115)(H,100,109)(H,101,117)/b34-24+,51-26+/t52-,53+,54-,55-,56+,63+,64-,65+,66-,67-,68+,69+,72+,73-,77+,78+,88+,89+/m1/s1. The SMILES string of the molecule is CCC(=O)N(C)c1cc(C/C(C)=C/C=C/[C@@H](OC)[C@@]2(O)C[C@@H]([C@@H](C)[C@@H]3O[C@@]3(C)[C@H](C)OC(=O)[C@H](C)N(C)C(=O)CCSCCCN[C@H](Cc3ccccc3)C(=O)N[C@H]3CSSC[C@@H](C(=O)N[C@H](CO)[C@@H](C)O)NC(=O)[C@H]([C@@H](C)O)NC(=O)[C@H](CCCCN)NC(=O)[C@@H](Cc4c[nH]c5ccccc45)NC(=O)[C@H](Cc4ccccc4)NC3=O)OC(=O)N2)cc(OC)c1Cl. The number of unbranched alkanes of at least 4 members (excludes halogenated alkanes) is 1. The predicted octanol–water partition coefficient (Wildman–Crippen LogP) is 4.89. The summed E-state index contributed by atoms with van der Waals surface area (Å²) in [5.74, 6) is -6.64. The summed E-state index contributed by atoms with van der Waals surface area (Å²) in [7, 11) is 8.09. The molecule has 690 valence electrons. The first kappa shape index (κ1) is 102. The van der Waals surface area contributed by atoms with Crippen LogP contribution < -0.4 is 63.2 Å². The molecular weight excluding hydrogens is 1700 g/mol. The lowest BCUT2D eigenvalue weighted by molar-refractivity contribution is -0.159. The highest BCUT2D eigenvalue weighted by molar-refractivity contribution is 8.76. The van der Waals surface area contributed by atoms with E-state index in [1.54, 1.807) is 89.5 Å². The molecule has 3 aliphatic heterocycles. The Labute approximate surface area is 752 Å². The van der Waals surface area contributed by atoms with Gasteiger partial charge in [0.15, 0.2) is 5.72 Å². The van der Waals surface area contributed by atoms with Crippen molar-refractivity contribution in [2.24, 2.45) is 11.7 Å². The van der Waals surface area contributed by atoms with Crippen LogP contribution >= 0.6 is 45.0 Å². The number of aromatic nitrogens is 1. The molecule has 0 bridgehead atoms. The fourth-order valence-corrected chi connectivity index (χ4v) is 18.3. The van der Waals surface area contributed by atoms with E-state index >= 15 is 19.2 Å². The van der Waals surface area contributed by atoms with Crippen LogP contribution in [-0.4, -0.2) is 269 Å². The van der Waals surface area contributed by atoms with Crippen molar-refractivity contribution in [2.45, 2.75) is 228 Å². The molecule has 4 aromatic carbocycles. The average molecular weight is 1830 g/mol. The summed E-state index contributed by atoms with van der Waals surface area (Å²) in [6.45, 7) is 12.9. The molecule has 5 aromatic rings. The summed E-state index contributed by atoms with van der Waals surface area (Å²) >= 11 is 8.08.